The number of amides is 2. The highest BCUT2D eigenvalue weighted by atomic mass is 32.1. The van der Waals surface area contributed by atoms with Crippen molar-refractivity contribution in [2.24, 2.45) is 5.73 Å². The molecule has 0 atom stereocenters. The molecule has 0 bridgehead atoms. The molecule has 0 spiro atoms. The van der Waals surface area contributed by atoms with Crippen LogP contribution in [-0.2, 0) is 4.74 Å². The SMILES string of the molecule is COc1cc(OC)cc(C(=O)Nc2sc(C(N)=O)c(C)c2C(=O)OC(C)C)c1. The van der Waals surface area contributed by atoms with Crippen LogP contribution in [0.2, 0.25) is 0 Å². The van der Waals surface area contributed by atoms with E-state index >= 15 is 0 Å². The van der Waals surface area contributed by atoms with Crippen molar-refractivity contribution in [3.63, 3.8) is 0 Å². The van der Waals surface area contributed by atoms with Crippen LogP contribution in [0, 0.1) is 6.92 Å². The highest BCUT2D eigenvalue weighted by molar-refractivity contribution is 7.18. The smallest absolute Gasteiger partial charge is 0.341 e. The molecule has 0 aliphatic heterocycles. The third-order valence-corrected chi connectivity index (χ3v) is 4.98. The number of hydrogen-bond acceptors (Lipinski definition) is 7. The Labute approximate surface area is 166 Å². The highest BCUT2D eigenvalue weighted by Crippen LogP contribution is 2.34. The predicted molar refractivity (Wildman–Crippen MR) is 106 cm³/mol. The van der Waals surface area contributed by atoms with Gasteiger partial charge in [-0.1, -0.05) is 0 Å². The van der Waals surface area contributed by atoms with Crippen molar-refractivity contribution in [2.45, 2.75) is 26.9 Å². The second-order valence-electron chi connectivity index (χ2n) is 6.13. The van der Waals surface area contributed by atoms with Crippen molar-refractivity contribution in [1.29, 1.82) is 0 Å². The third kappa shape index (κ3) is 4.61. The summed E-state index contributed by atoms with van der Waals surface area (Å²) in [5.74, 6) is -0.972. The number of methoxy groups -OCH3 is 2. The maximum atomic E-state index is 12.8. The maximum absolute atomic E-state index is 12.8. The van der Waals surface area contributed by atoms with Gasteiger partial charge < -0.3 is 25.3 Å². The van der Waals surface area contributed by atoms with E-state index in [4.69, 9.17) is 19.9 Å². The summed E-state index contributed by atoms with van der Waals surface area (Å²) in [6.07, 6.45) is -0.366. The Kier molecular flexibility index (Phi) is 6.63. The molecule has 28 heavy (non-hydrogen) atoms. The van der Waals surface area contributed by atoms with Gasteiger partial charge in [0.25, 0.3) is 11.8 Å². The molecular formula is C19H22N2O6S. The van der Waals surface area contributed by atoms with Gasteiger partial charge in [0.1, 0.15) is 16.5 Å². The Morgan fingerprint density at radius 1 is 1.07 bits per heavy atom. The normalized spacial score (nSPS) is 10.5. The molecule has 0 radical (unpaired) electrons. The highest BCUT2D eigenvalue weighted by Gasteiger charge is 2.26. The first-order valence-corrected chi connectivity index (χ1v) is 9.18. The standard InChI is InChI=1S/C19H22N2O6S/c1-9(2)27-19(24)14-10(3)15(16(20)22)28-18(14)21-17(23)11-6-12(25-4)8-13(7-11)26-5/h6-9H,1-5H3,(H2,20,22)(H,21,23). The minimum Gasteiger partial charge on any atom is -0.497 e. The average Bonchev–Trinajstić information content (AvgIpc) is 2.96. The monoisotopic (exact) mass is 406 g/mol. The molecule has 0 fully saturated rings. The van der Waals surface area contributed by atoms with Gasteiger partial charge in [-0.15, -0.1) is 11.3 Å². The molecule has 1 aromatic heterocycles. The summed E-state index contributed by atoms with van der Waals surface area (Å²) in [4.78, 5) is 37.1. The van der Waals surface area contributed by atoms with Crippen molar-refractivity contribution in [2.75, 3.05) is 19.5 Å². The Morgan fingerprint density at radius 3 is 2.11 bits per heavy atom. The lowest BCUT2D eigenvalue weighted by molar-refractivity contribution is 0.0379. The number of esters is 1. The van der Waals surface area contributed by atoms with E-state index in [-0.39, 0.29) is 27.1 Å². The molecule has 1 aromatic carbocycles. The van der Waals surface area contributed by atoms with E-state index in [1.165, 1.54) is 26.4 Å². The minimum absolute atomic E-state index is 0.107. The predicted octanol–water partition coefficient (Wildman–Crippen LogP) is 2.99. The molecule has 0 aliphatic rings. The van der Waals surface area contributed by atoms with Crippen LogP contribution in [0.1, 0.15) is 49.8 Å². The molecule has 2 amide bonds. The second-order valence-corrected chi connectivity index (χ2v) is 7.15. The number of hydrogen-bond donors (Lipinski definition) is 2. The van der Waals surface area contributed by atoms with E-state index < -0.39 is 17.8 Å². The van der Waals surface area contributed by atoms with Gasteiger partial charge in [-0.2, -0.15) is 0 Å². The summed E-state index contributed by atoms with van der Waals surface area (Å²) in [6, 6.07) is 4.68. The van der Waals surface area contributed by atoms with Crippen molar-refractivity contribution in [1.82, 2.24) is 0 Å². The number of rotatable bonds is 7. The number of nitrogens with two attached hydrogens (primary N) is 1. The number of ether oxygens (including phenoxy) is 3. The summed E-state index contributed by atoms with van der Waals surface area (Å²) in [5, 5.41) is 2.84. The van der Waals surface area contributed by atoms with Gasteiger partial charge in [-0.05, 0) is 38.5 Å². The van der Waals surface area contributed by atoms with E-state index in [1.807, 2.05) is 0 Å². The zero-order valence-corrected chi connectivity index (χ0v) is 17.1. The maximum Gasteiger partial charge on any atom is 0.341 e. The third-order valence-electron chi connectivity index (χ3n) is 3.76. The van der Waals surface area contributed by atoms with E-state index in [1.54, 1.807) is 26.8 Å². The first kappa shape index (κ1) is 21.2. The van der Waals surface area contributed by atoms with Crippen LogP contribution in [0.25, 0.3) is 0 Å². The molecule has 2 rings (SSSR count). The molecular weight excluding hydrogens is 384 g/mol. The lowest BCUT2D eigenvalue weighted by atomic mass is 10.1. The fraction of sp³-hybridized carbons (Fsp3) is 0.316. The fourth-order valence-corrected chi connectivity index (χ4v) is 3.51. The average molecular weight is 406 g/mol. The Hall–Kier alpha value is -3.07. The van der Waals surface area contributed by atoms with E-state index in [0.717, 1.165) is 11.3 Å². The topological polar surface area (TPSA) is 117 Å². The van der Waals surface area contributed by atoms with Gasteiger partial charge >= 0.3 is 5.97 Å². The number of benzene rings is 1. The summed E-state index contributed by atoms with van der Waals surface area (Å²) >= 11 is 0.923. The van der Waals surface area contributed by atoms with Crippen molar-refractivity contribution < 1.29 is 28.6 Å². The molecule has 2 aromatic rings. The Morgan fingerprint density at radius 2 is 1.64 bits per heavy atom. The quantitative estimate of drug-likeness (QED) is 0.683. The van der Waals surface area contributed by atoms with Crippen LogP contribution in [0.5, 0.6) is 11.5 Å². The van der Waals surface area contributed by atoms with Crippen LogP contribution in [0.3, 0.4) is 0 Å². The fourth-order valence-electron chi connectivity index (χ4n) is 2.47. The van der Waals surface area contributed by atoms with Crippen LogP contribution in [0.4, 0.5) is 5.00 Å². The number of anilines is 1. The number of primary amides is 1. The van der Waals surface area contributed by atoms with Crippen molar-refractivity contribution in [3.05, 3.63) is 39.8 Å². The minimum atomic E-state index is -0.690. The number of carbonyl (C=O) groups excluding carboxylic acids is 3. The molecule has 0 saturated carbocycles. The summed E-state index contributed by atoms with van der Waals surface area (Å²) in [6.45, 7) is 4.99. The largest absolute Gasteiger partial charge is 0.497 e. The number of thiophene rings is 1. The zero-order valence-electron chi connectivity index (χ0n) is 16.2. The van der Waals surface area contributed by atoms with Crippen LogP contribution in [-0.4, -0.2) is 38.1 Å². The van der Waals surface area contributed by atoms with Crippen molar-refractivity contribution in [3.8, 4) is 11.5 Å². The second kappa shape index (κ2) is 8.75. The lowest BCUT2D eigenvalue weighted by Crippen LogP contribution is -2.17. The molecule has 3 N–H and O–H groups in total. The molecule has 1 heterocycles. The molecule has 0 aliphatic carbocycles. The molecule has 150 valence electrons. The summed E-state index contributed by atoms with van der Waals surface area (Å²) in [5.41, 5.74) is 6.11. The number of carbonyl (C=O) groups is 3. The molecule has 9 heteroatoms. The van der Waals surface area contributed by atoms with E-state index in [0.29, 0.717) is 17.1 Å². The van der Waals surface area contributed by atoms with Crippen molar-refractivity contribution >= 4 is 34.1 Å². The zero-order chi connectivity index (χ0) is 21.0. The Balaban J connectivity index is 2.45. The van der Waals surface area contributed by atoms with Gasteiger partial charge in [-0.25, -0.2) is 4.79 Å². The van der Waals surface area contributed by atoms with Gasteiger partial charge in [0, 0.05) is 11.6 Å². The van der Waals surface area contributed by atoms with Gasteiger partial charge in [0.05, 0.1) is 30.8 Å². The lowest BCUT2D eigenvalue weighted by Gasteiger charge is -2.11. The molecule has 0 unspecified atom stereocenters. The van der Waals surface area contributed by atoms with E-state index in [9.17, 15) is 14.4 Å². The Bertz CT molecular complexity index is 897. The molecule has 8 nitrogen and oxygen atoms in total. The summed E-state index contributed by atoms with van der Waals surface area (Å²) in [7, 11) is 2.94. The van der Waals surface area contributed by atoms with Crippen LogP contribution < -0.4 is 20.5 Å². The van der Waals surface area contributed by atoms with Crippen LogP contribution >= 0.6 is 11.3 Å². The van der Waals surface area contributed by atoms with Gasteiger partial charge in [0.15, 0.2) is 0 Å². The van der Waals surface area contributed by atoms with Gasteiger partial charge in [0.2, 0.25) is 0 Å². The molecule has 0 saturated heterocycles. The van der Waals surface area contributed by atoms with Gasteiger partial charge in [-0.3, -0.25) is 9.59 Å². The van der Waals surface area contributed by atoms with Crippen LogP contribution in [0.15, 0.2) is 18.2 Å². The van der Waals surface area contributed by atoms with E-state index in [2.05, 4.69) is 5.32 Å². The first-order chi connectivity index (χ1) is 13.2. The summed E-state index contributed by atoms with van der Waals surface area (Å²) < 4.78 is 15.6. The number of nitrogens with one attached hydrogen (secondary N) is 1. The first-order valence-electron chi connectivity index (χ1n) is 8.36.